The van der Waals surface area contributed by atoms with Crippen LogP contribution < -0.4 is 10.1 Å². The Morgan fingerprint density at radius 2 is 1.87 bits per heavy atom. The van der Waals surface area contributed by atoms with Crippen molar-refractivity contribution in [2.24, 2.45) is 0 Å². The molecule has 1 N–H and O–H groups in total. The van der Waals surface area contributed by atoms with Gasteiger partial charge in [-0.25, -0.2) is 4.39 Å². The Hall–Kier alpha value is -2.95. The number of amides is 1. The fourth-order valence-corrected chi connectivity index (χ4v) is 1.92. The number of nitrogens with one attached hydrogen (secondary N) is 1. The van der Waals surface area contributed by atoms with Gasteiger partial charge in [0.25, 0.3) is 0 Å². The number of carbonyl (C=O) groups is 2. The van der Waals surface area contributed by atoms with Crippen LogP contribution in [0.5, 0.6) is 5.75 Å². The first kappa shape index (κ1) is 16.4. The van der Waals surface area contributed by atoms with Crippen LogP contribution in [-0.2, 0) is 4.79 Å². The number of hydrogen-bond acceptors (Lipinski definition) is 3. The van der Waals surface area contributed by atoms with Crippen LogP contribution in [0.25, 0.3) is 6.08 Å². The second-order valence-corrected chi connectivity index (χ2v) is 4.68. The number of anilines is 1. The summed E-state index contributed by atoms with van der Waals surface area (Å²) in [4.78, 5) is 22.8. The quantitative estimate of drug-likeness (QED) is 0.653. The number of carbonyl (C=O) groups excluding carboxylic acids is 2. The van der Waals surface area contributed by atoms with Crippen LogP contribution in [0.1, 0.15) is 22.8 Å². The van der Waals surface area contributed by atoms with E-state index in [1.165, 1.54) is 18.2 Å². The van der Waals surface area contributed by atoms with Gasteiger partial charge in [-0.15, -0.1) is 0 Å². The van der Waals surface area contributed by atoms with E-state index in [-0.39, 0.29) is 11.7 Å². The van der Waals surface area contributed by atoms with Crippen molar-refractivity contribution in [1.29, 1.82) is 0 Å². The van der Waals surface area contributed by atoms with E-state index in [1.807, 2.05) is 6.92 Å². The minimum absolute atomic E-state index is 0.335. The molecular formula is C18H16FNO3. The highest BCUT2D eigenvalue weighted by Crippen LogP contribution is 2.25. The standard InChI is InChI=1S/C18H16FNO3/c1-2-23-17-9-5-14(12-21)11-16(17)20-18(22)10-6-13-3-7-15(19)8-4-13/h3-12H,2H2,1H3,(H,20,22)/b10-6+. The summed E-state index contributed by atoms with van der Waals surface area (Å²) in [6.07, 6.45) is 3.59. The van der Waals surface area contributed by atoms with E-state index < -0.39 is 0 Å². The Kier molecular flexibility index (Phi) is 5.63. The Balaban J connectivity index is 2.12. The molecule has 0 heterocycles. The lowest BCUT2D eigenvalue weighted by atomic mass is 10.2. The van der Waals surface area contributed by atoms with Gasteiger partial charge in [0.15, 0.2) is 0 Å². The SMILES string of the molecule is CCOc1ccc(C=O)cc1NC(=O)/C=C/c1ccc(F)cc1. The molecular weight excluding hydrogens is 297 g/mol. The molecule has 5 heteroatoms. The fraction of sp³-hybridized carbons (Fsp3) is 0.111. The van der Waals surface area contributed by atoms with Crippen LogP contribution >= 0.6 is 0 Å². The van der Waals surface area contributed by atoms with Gasteiger partial charge < -0.3 is 10.1 Å². The molecule has 0 aliphatic heterocycles. The number of hydrogen-bond donors (Lipinski definition) is 1. The predicted octanol–water partition coefficient (Wildman–Crippen LogP) is 3.69. The third-order valence-electron chi connectivity index (χ3n) is 2.99. The van der Waals surface area contributed by atoms with Gasteiger partial charge in [0.1, 0.15) is 17.9 Å². The smallest absolute Gasteiger partial charge is 0.248 e. The molecule has 0 unspecified atom stereocenters. The number of benzene rings is 2. The monoisotopic (exact) mass is 313 g/mol. The first-order valence-electron chi connectivity index (χ1n) is 7.09. The van der Waals surface area contributed by atoms with E-state index in [0.717, 1.165) is 0 Å². The first-order valence-corrected chi connectivity index (χ1v) is 7.09. The summed E-state index contributed by atoms with van der Waals surface area (Å²) in [7, 11) is 0. The minimum Gasteiger partial charge on any atom is -0.492 e. The molecule has 0 saturated heterocycles. The lowest BCUT2D eigenvalue weighted by Crippen LogP contribution is -2.10. The molecule has 118 valence electrons. The summed E-state index contributed by atoms with van der Waals surface area (Å²) < 4.78 is 18.2. The Labute approximate surface area is 133 Å². The van der Waals surface area contributed by atoms with Gasteiger partial charge in [-0.1, -0.05) is 12.1 Å². The largest absolute Gasteiger partial charge is 0.492 e. The molecule has 1 amide bonds. The number of ether oxygens (including phenoxy) is 1. The van der Waals surface area contributed by atoms with Crippen LogP contribution in [0.3, 0.4) is 0 Å². The maximum absolute atomic E-state index is 12.8. The van der Waals surface area contributed by atoms with Crippen LogP contribution in [-0.4, -0.2) is 18.8 Å². The molecule has 0 aromatic heterocycles. The highest BCUT2D eigenvalue weighted by Gasteiger charge is 2.07. The Morgan fingerprint density at radius 1 is 1.17 bits per heavy atom. The number of aldehydes is 1. The van der Waals surface area contributed by atoms with Crippen molar-refractivity contribution in [2.75, 3.05) is 11.9 Å². The molecule has 2 rings (SSSR count). The molecule has 23 heavy (non-hydrogen) atoms. The second-order valence-electron chi connectivity index (χ2n) is 4.68. The van der Waals surface area contributed by atoms with Crippen molar-refractivity contribution in [2.45, 2.75) is 6.92 Å². The summed E-state index contributed by atoms with van der Waals surface area (Å²) in [5, 5.41) is 2.67. The highest BCUT2D eigenvalue weighted by molar-refractivity contribution is 6.03. The van der Waals surface area contributed by atoms with E-state index in [9.17, 15) is 14.0 Å². The normalized spacial score (nSPS) is 10.5. The predicted molar refractivity (Wildman–Crippen MR) is 87.1 cm³/mol. The minimum atomic E-state index is -0.377. The third-order valence-corrected chi connectivity index (χ3v) is 2.99. The van der Waals surface area contributed by atoms with Crippen LogP contribution in [0.2, 0.25) is 0 Å². The second kappa shape index (κ2) is 7.89. The number of rotatable bonds is 6. The summed E-state index contributed by atoms with van der Waals surface area (Å²) in [6.45, 7) is 2.27. The Bertz CT molecular complexity index is 724. The molecule has 0 fully saturated rings. The zero-order chi connectivity index (χ0) is 16.7. The molecule has 4 nitrogen and oxygen atoms in total. The van der Waals surface area contributed by atoms with E-state index >= 15 is 0 Å². The summed E-state index contributed by atoms with van der Waals surface area (Å²) in [5.74, 6) is -0.224. The maximum atomic E-state index is 12.8. The molecule has 0 aliphatic rings. The van der Waals surface area contributed by atoms with Gasteiger partial charge in [0, 0.05) is 11.6 Å². The van der Waals surface area contributed by atoms with E-state index in [2.05, 4.69) is 5.32 Å². The van der Waals surface area contributed by atoms with Gasteiger partial charge in [0.05, 0.1) is 12.3 Å². The van der Waals surface area contributed by atoms with Gasteiger partial charge in [0.2, 0.25) is 5.91 Å². The van der Waals surface area contributed by atoms with Gasteiger partial charge in [-0.2, -0.15) is 0 Å². The molecule has 0 spiro atoms. The summed E-state index contributed by atoms with van der Waals surface area (Å²) in [6, 6.07) is 10.6. The van der Waals surface area contributed by atoms with Gasteiger partial charge >= 0.3 is 0 Å². The number of halogens is 1. The molecule has 0 aliphatic carbocycles. The lowest BCUT2D eigenvalue weighted by molar-refractivity contribution is -0.111. The van der Waals surface area contributed by atoms with Crippen LogP contribution in [0, 0.1) is 5.82 Å². The topological polar surface area (TPSA) is 55.4 Å². The molecule has 2 aromatic rings. The zero-order valence-corrected chi connectivity index (χ0v) is 12.6. The molecule has 0 bridgehead atoms. The van der Waals surface area contributed by atoms with E-state index in [1.54, 1.807) is 36.4 Å². The van der Waals surface area contributed by atoms with Crippen molar-refractivity contribution in [3.05, 3.63) is 65.5 Å². The lowest BCUT2D eigenvalue weighted by Gasteiger charge is -2.10. The maximum Gasteiger partial charge on any atom is 0.248 e. The van der Waals surface area contributed by atoms with E-state index in [4.69, 9.17) is 4.74 Å². The molecule has 0 saturated carbocycles. The van der Waals surface area contributed by atoms with E-state index in [0.29, 0.717) is 35.5 Å². The zero-order valence-electron chi connectivity index (χ0n) is 12.6. The average molecular weight is 313 g/mol. The summed E-state index contributed by atoms with van der Waals surface area (Å²) >= 11 is 0. The third kappa shape index (κ3) is 4.78. The van der Waals surface area contributed by atoms with Crippen LogP contribution in [0.4, 0.5) is 10.1 Å². The van der Waals surface area contributed by atoms with Gasteiger partial charge in [-0.05, 0) is 48.9 Å². The fourth-order valence-electron chi connectivity index (χ4n) is 1.92. The van der Waals surface area contributed by atoms with Crippen molar-refractivity contribution in [1.82, 2.24) is 0 Å². The van der Waals surface area contributed by atoms with Crippen molar-refractivity contribution < 1.29 is 18.7 Å². The van der Waals surface area contributed by atoms with Crippen molar-refractivity contribution in [3.63, 3.8) is 0 Å². The first-order chi connectivity index (χ1) is 11.1. The summed E-state index contributed by atoms with van der Waals surface area (Å²) in [5.41, 5.74) is 1.56. The highest BCUT2D eigenvalue weighted by atomic mass is 19.1. The van der Waals surface area contributed by atoms with Crippen LogP contribution in [0.15, 0.2) is 48.5 Å². The van der Waals surface area contributed by atoms with Crippen molar-refractivity contribution >= 4 is 24.0 Å². The van der Waals surface area contributed by atoms with Gasteiger partial charge in [-0.3, -0.25) is 9.59 Å². The molecule has 0 atom stereocenters. The molecule has 0 radical (unpaired) electrons. The molecule has 2 aromatic carbocycles. The average Bonchev–Trinajstić information content (AvgIpc) is 2.56. The Morgan fingerprint density at radius 3 is 2.52 bits per heavy atom. The van der Waals surface area contributed by atoms with Crippen molar-refractivity contribution in [3.8, 4) is 5.75 Å².